The molecule has 3 N–H and O–H groups in total. The lowest BCUT2D eigenvalue weighted by molar-refractivity contribution is -0.116. The van der Waals surface area contributed by atoms with Crippen LogP contribution < -0.4 is 10.6 Å². The molecular formula is C26H26FN3O4S. The Morgan fingerprint density at radius 3 is 2.34 bits per heavy atom. The molecule has 0 spiro atoms. The van der Waals surface area contributed by atoms with E-state index in [1.807, 2.05) is 37.3 Å². The predicted octanol–water partition coefficient (Wildman–Crippen LogP) is 4.04. The third-order valence-corrected chi connectivity index (χ3v) is 6.53. The van der Waals surface area contributed by atoms with Crippen molar-refractivity contribution in [2.75, 3.05) is 11.4 Å². The number of halogens is 1. The van der Waals surface area contributed by atoms with E-state index in [4.69, 9.17) is 15.5 Å². The molecule has 1 aliphatic heterocycles. The maximum Gasteiger partial charge on any atom is 0.294 e. The zero-order valence-electron chi connectivity index (χ0n) is 19.4. The van der Waals surface area contributed by atoms with Gasteiger partial charge in [-0.15, -0.1) is 0 Å². The number of anilines is 1. The van der Waals surface area contributed by atoms with Gasteiger partial charge in [-0.05, 0) is 65.9 Å². The van der Waals surface area contributed by atoms with Crippen LogP contribution in [-0.4, -0.2) is 31.5 Å². The number of carbonyl (C=O) groups excluding carboxylic acids is 1. The monoisotopic (exact) mass is 495 g/mol. The third-order valence-electron chi connectivity index (χ3n) is 5.67. The Bertz CT molecular complexity index is 1380. The number of aryl methyl sites for hydroxylation is 1. The molecule has 0 unspecified atom stereocenters. The van der Waals surface area contributed by atoms with Crippen LogP contribution in [0.2, 0.25) is 0 Å². The van der Waals surface area contributed by atoms with Gasteiger partial charge in [-0.3, -0.25) is 9.35 Å². The summed E-state index contributed by atoms with van der Waals surface area (Å²) in [4.78, 5) is 13.3. The van der Waals surface area contributed by atoms with E-state index in [0.717, 1.165) is 34.4 Å². The fourth-order valence-electron chi connectivity index (χ4n) is 3.79. The number of nitrogens with two attached hydrogens (primary N) is 1. The largest absolute Gasteiger partial charge is 0.316 e. The van der Waals surface area contributed by atoms with Gasteiger partial charge >= 0.3 is 0 Å². The zero-order chi connectivity index (χ0) is 25.8. The number of benzene rings is 3. The normalized spacial score (nSPS) is 13.3. The van der Waals surface area contributed by atoms with Crippen LogP contribution in [0.5, 0.6) is 0 Å². The average Bonchev–Trinajstić information content (AvgIpc) is 3.24. The van der Waals surface area contributed by atoms with E-state index in [0.29, 0.717) is 12.1 Å². The number of hydrogen-bond donors (Lipinski definition) is 2. The molecular weight excluding hydrogens is 469 g/mol. The first-order valence-electron chi connectivity index (χ1n) is 10.9. The quantitative estimate of drug-likeness (QED) is 0.527. The molecule has 1 aliphatic rings. The average molecular weight is 496 g/mol. The van der Waals surface area contributed by atoms with Crippen LogP contribution in [-0.2, 0) is 27.8 Å². The summed E-state index contributed by atoms with van der Waals surface area (Å²) in [6.45, 7) is 4.09. The molecule has 1 heterocycles. The number of fused-ring (bicyclic) bond motifs is 1. The highest BCUT2D eigenvalue weighted by Crippen LogP contribution is 2.33. The summed E-state index contributed by atoms with van der Waals surface area (Å²) in [5.41, 5.74) is 10.7. The van der Waals surface area contributed by atoms with Gasteiger partial charge in [0, 0.05) is 25.6 Å². The summed E-state index contributed by atoms with van der Waals surface area (Å²) >= 11 is 0. The van der Waals surface area contributed by atoms with Crippen molar-refractivity contribution in [3.05, 3.63) is 83.2 Å². The molecule has 0 aliphatic carbocycles. The number of hydrogen-bond acceptors (Lipinski definition) is 5. The lowest BCUT2D eigenvalue weighted by atomic mass is 9.98. The fraction of sp³-hybridized carbons (Fsp3) is 0.231. The minimum absolute atomic E-state index is 0.0331. The Hall–Kier alpha value is -3.58. The molecule has 0 bridgehead atoms. The summed E-state index contributed by atoms with van der Waals surface area (Å²) in [7, 11) is -4.02. The summed E-state index contributed by atoms with van der Waals surface area (Å²) in [5.74, 6) is -0.324. The predicted molar refractivity (Wildman–Crippen MR) is 132 cm³/mol. The van der Waals surface area contributed by atoms with E-state index >= 15 is 0 Å². The second-order valence-corrected chi connectivity index (χ2v) is 9.72. The van der Waals surface area contributed by atoms with E-state index in [2.05, 4.69) is 0 Å². The Labute approximate surface area is 204 Å². The number of nitrogens with zero attached hydrogens (tertiary/aromatic N) is 2. The van der Waals surface area contributed by atoms with Gasteiger partial charge in [0.2, 0.25) is 5.91 Å². The van der Waals surface area contributed by atoms with E-state index < -0.39 is 16.2 Å². The first-order valence-corrected chi connectivity index (χ1v) is 12.3. The Balaban J connectivity index is 0.000000261. The van der Waals surface area contributed by atoms with Crippen molar-refractivity contribution in [1.29, 1.82) is 5.26 Å². The van der Waals surface area contributed by atoms with Gasteiger partial charge in [-0.1, -0.05) is 35.9 Å². The fourth-order valence-corrected chi connectivity index (χ4v) is 4.27. The summed E-state index contributed by atoms with van der Waals surface area (Å²) in [6.07, 6.45) is 1.00. The molecule has 3 aromatic carbocycles. The molecule has 0 saturated heterocycles. The summed E-state index contributed by atoms with van der Waals surface area (Å²) < 4.78 is 43.8. The van der Waals surface area contributed by atoms with Gasteiger partial charge < -0.3 is 10.6 Å². The minimum Gasteiger partial charge on any atom is -0.316 e. The molecule has 7 nitrogen and oxygen atoms in total. The van der Waals surface area contributed by atoms with Crippen LogP contribution in [0.25, 0.3) is 11.1 Å². The van der Waals surface area contributed by atoms with Crippen LogP contribution in [0.4, 0.5) is 10.1 Å². The van der Waals surface area contributed by atoms with Crippen LogP contribution in [0.3, 0.4) is 0 Å². The molecule has 1 atom stereocenters. The SMILES string of the molecule is CC(=O)N1CCc2cc(-c3ccc(C[C@H](N)C#N)c(F)c3)ccc21.Cc1ccc(S(=O)(=O)O)cc1. The van der Waals surface area contributed by atoms with Crippen LogP contribution in [0, 0.1) is 24.1 Å². The molecule has 9 heteroatoms. The van der Waals surface area contributed by atoms with Crippen molar-refractivity contribution in [2.45, 2.75) is 37.6 Å². The molecule has 0 aromatic heterocycles. The van der Waals surface area contributed by atoms with Crippen molar-refractivity contribution < 1.29 is 22.2 Å². The molecule has 182 valence electrons. The molecule has 4 rings (SSSR count). The zero-order valence-corrected chi connectivity index (χ0v) is 20.2. The second kappa shape index (κ2) is 10.8. The van der Waals surface area contributed by atoms with E-state index in [9.17, 15) is 17.6 Å². The number of carbonyl (C=O) groups is 1. The van der Waals surface area contributed by atoms with Crippen molar-refractivity contribution >= 4 is 21.7 Å². The lowest BCUT2D eigenvalue weighted by Crippen LogP contribution is -2.25. The third kappa shape index (κ3) is 6.51. The molecule has 35 heavy (non-hydrogen) atoms. The molecule has 0 fully saturated rings. The van der Waals surface area contributed by atoms with Gasteiger partial charge in [0.05, 0.1) is 17.0 Å². The molecule has 0 saturated carbocycles. The van der Waals surface area contributed by atoms with E-state index in [1.165, 1.54) is 18.2 Å². The number of amides is 1. The van der Waals surface area contributed by atoms with Crippen molar-refractivity contribution in [2.24, 2.45) is 5.73 Å². The first kappa shape index (κ1) is 26.0. The second-order valence-electron chi connectivity index (χ2n) is 8.30. The highest BCUT2D eigenvalue weighted by Gasteiger charge is 2.22. The Morgan fingerprint density at radius 2 is 1.77 bits per heavy atom. The summed E-state index contributed by atoms with van der Waals surface area (Å²) in [6, 6.07) is 18.0. The number of rotatable bonds is 4. The number of nitriles is 1. The van der Waals surface area contributed by atoms with Crippen LogP contribution in [0.1, 0.15) is 23.6 Å². The standard InChI is InChI=1S/C19H18FN3O.C7H8O3S/c1-12(24)23-7-6-16-8-13(4-5-19(16)23)14-2-3-15(18(20)10-14)9-17(22)11-21;1-6-2-4-7(5-3-6)11(8,9)10/h2-5,8,10,17H,6-7,9,22H2,1H3;2-5H,1H3,(H,8,9,10)/t17-;/m0./s1. The minimum atomic E-state index is -4.02. The highest BCUT2D eigenvalue weighted by atomic mass is 32.2. The van der Waals surface area contributed by atoms with Crippen LogP contribution in [0.15, 0.2) is 65.6 Å². The molecule has 0 radical (unpaired) electrons. The van der Waals surface area contributed by atoms with Gasteiger partial charge in [0.25, 0.3) is 10.1 Å². The van der Waals surface area contributed by atoms with Crippen molar-refractivity contribution in [3.8, 4) is 17.2 Å². The molecule has 1 amide bonds. The van der Waals surface area contributed by atoms with Crippen molar-refractivity contribution in [3.63, 3.8) is 0 Å². The van der Waals surface area contributed by atoms with Gasteiger partial charge in [-0.25, -0.2) is 4.39 Å². The van der Waals surface area contributed by atoms with Gasteiger partial charge in [-0.2, -0.15) is 13.7 Å². The Morgan fingerprint density at radius 1 is 1.14 bits per heavy atom. The van der Waals surface area contributed by atoms with Gasteiger partial charge in [0.1, 0.15) is 5.82 Å². The first-order chi connectivity index (χ1) is 16.5. The highest BCUT2D eigenvalue weighted by molar-refractivity contribution is 7.85. The smallest absolute Gasteiger partial charge is 0.294 e. The topological polar surface area (TPSA) is 124 Å². The lowest BCUT2D eigenvalue weighted by Gasteiger charge is -2.15. The molecule has 3 aromatic rings. The Kier molecular flexibility index (Phi) is 8.02. The van der Waals surface area contributed by atoms with E-state index in [-0.39, 0.29) is 23.0 Å². The van der Waals surface area contributed by atoms with Gasteiger partial charge in [0.15, 0.2) is 0 Å². The van der Waals surface area contributed by atoms with E-state index in [1.54, 1.807) is 30.0 Å². The van der Waals surface area contributed by atoms with Crippen LogP contribution >= 0.6 is 0 Å². The summed E-state index contributed by atoms with van der Waals surface area (Å²) in [5, 5.41) is 8.74. The maximum atomic E-state index is 14.3. The van der Waals surface area contributed by atoms with Crippen molar-refractivity contribution in [1.82, 2.24) is 0 Å². The maximum absolute atomic E-state index is 14.3.